The molecule has 0 spiro atoms. The molecule has 1 aromatic rings. The highest BCUT2D eigenvalue weighted by Gasteiger charge is 2.31. The maximum atomic E-state index is 10.8. The molecular weight excluding hydrogens is 172 g/mol. The van der Waals surface area contributed by atoms with E-state index in [9.17, 15) is 4.79 Å². The Hall–Kier alpha value is -1.59. The highest BCUT2D eigenvalue weighted by Crippen LogP contribution is 2.28. The Labute approximate surface area is 74.6 Å². The van der Waals surface area contributed by atoms with Gasteiger partial charge in [0.1, 0.15) is 6.33 Å². The Bertz CT molecular complexity index is 297. The molecule has 2 heterocycles. The van der Waals surface area contributed by atoms with Gasteiger partial charge in [-0.3, -0.25) is 4.90 Å². The van der Waals surface area contributed by atoms with Gasteiger partial charge in [-0.2, -0.15) is 0 Å². The molecule has 70 valence electrons. The average molecular weight is 182 g/mol. The summed E-state index contributed by atoms with van der Waals surface area (Å²) in [6, 6.07) is -0.139. The Morgan fingerprint density at radius 1 is 1.77 bits per heavy atom. The molecule has 6 heteroatoms. The lowest BCUT2D eigenvalue weighted by Crippen LogP contribution is -2.29. The van der Waals surface area contributed by atoms with E-state index in [0.29, 0.717) is 12.4 Å². The molecule has 13 heavy (non-hydrogen) atoms. The van der Waals surface area contributed by atoms with E-state index in [-0.39, 0.29) is 6.04 Å². The Kier molecular flexibility index (Phi) is 1.88. The molecule has 1 amide bonds. The van der Waals surface area contributed by atoms with E-state index >= 15 is 0 Å². The molecule has 1 atom stereocenters. The van der Waals surface area contributed by atoms with Gasteiger partial charge in [0.25, 0.3) is 0 Å². The zero-order valence-electron chi connectivity index (χ0n) is 6.97. The lowest BCUT2D eigenvalue weighted by Gasteiger charge is -2.18. The van der Waals surface area contributed by atoms with Gasteiger partial charge in [0.15, 0.2) is 5.82 Å². The summed E-state index contributed by atoms with van der Waals surface area (Å²) in [5.41, 5.74) is 0. The van der Waals surface area contributed by atoms with Crippen molar-refractivity contribution in [2.45, 2.75) is 18.9 Å². The number of carboxylic acid groups (broad SMARTS) is 1. The summed E-state index contributed by atoms with van der Waals surface area (Å²) in [6.07, 6.45) is 2.28. The molecular formula is C7H10N4O2. The van der Waals surface area contributed by atoms with Gasteiger partial charge < -0.3 is 10.1 Å². The van der Waals surface area contributed by atoms with Crippen LogP contribution in [0.1, 0.15) is 24.7 Å². The molecule has 1 aromatic heterocycles. The Morgan fingerprint density at radius 3 is 3.23 bits per heavy atom. The second kappa shape index (κ2) is 3.04. The van der Waals surface area contributed by atoms with E-state index in [2.05, 4.69) is 15.2 Å². The van der Waals surface area contributed by atoms with E-state index in [1.807, 2.05) is 0 Å². The molecule has 1 fully saturated rings. The van der Waals surface area contributed by atoms with E-state index in [4.69, 9.17) is 5.11 Å². The first-order chi connectivity index (χ1) is 6.29. The monoisotopic (exact) mass is 182 g/mol. The van der Waals surface area contributed by atoms with Gasteiger partial charge in [-0.1, -0.05) is 0 Å². The van der Waals surface area contributed by atoms with Gasteiger partial charge in [-0.15, -0.1) is 10.2 Å². The molecule has 1 aliphatic heterocycles. The summed E-state index contributed by atoms with van der Waals surface area (Å²) in [5, 5.41) is 16.3. The van der Waals surface area contributed by atoms with Crippen molar-refractivity contribution in [3.63, 3.8) is 0 Å². The smallest absolute Gasteiger partial charge is 0.407 e. The van der Waals surface area contributed by atoms with Crippen molar-refractivity contribution < 1.29 is 9.90 Å². The zero-order valence-corrected chi connectivity index (χ0v) is 6.97. The number of nitrogens with one attached hydrogen (secondary N) is 1. The largest absolute Gasteiger partial charge is 0.465 e. The molecule has 2 N–H and O–H groups in total. The standard InChI is InChI=1S/C7H10N4O2/c12-7(13)11-3-1-2-5(11)6-8-4-9-10-6/h4-5H,1-3H2,(H,12,13)(H,8,9,10)/t5-/m0/s1. The summed E-state index contributed by atoms with van der Waals surface area (Å²) in [6.45, 7) is 0.584. The van der Waals surface area contributed by atoms with Gasteiger partial charge in [-0.25, -0.2) is 4.79 Å². The van der Waals surface area contributed by atoms with Crippen LogP contribution in [0, 0.1) is 0 Å². The molecule has 0 bridgehead atoms. The third-order valence-electron chi connectivity index (χ3n) is 2.25. The van der Waals surface area contributed by atoms with Gasteiger partial charge in [-0.05, 0) is 12.8 Å². The van der Waals surface area contributed by atoms with Crippen molar-refractivity contribution in [1.82, 2.24) is 20.1 Å². The summed E-state index contributed by atoms with van der Waals surface area (Å²) in [4.78, 5) is 15.0. The fourth-order valence-electron chi connectivity index (χ4n) is 1.66. The van der Waals surface area contributed by atoms with Crippen LogP contribution < -0.4 is 0 Å². The van der Waals surface area contributed by atoms with E-state index in [0.717, 1.165) is 12.8 Å². The van der Waals surface area contributed by atoms with Gasteiger partial charge in [0, 0.05) is 6.54 Å². The van der Waals surface area contributed by atoms with Crippen LogP contribution in [0.4, 0.5) is 4.79 Å². The third kappa shape index (κ3) is 1.34. The van der Waals surface area contributed by atoms with Crippen molar-refractivity contribution in [2.24, 2.45) is 0 Å². The van der Waals surface area contributed by atoms with E-state index in [1.54, 1.807) is 0 Å². The number of hydrogen-bond acceptors (Lipinski definition) is 3. The maximum absolute atomic E-state index is 10.8. The Morgan fingerprint density at radius 2 is 2.62 bits per heavy atom. The number of likely N-dealkylation sites (tertiary alicyclic amines) is 1. The van der Waals surface area contributed by atoms with E-state index < -0.39 is 6.09 Å². The molecule has 0 aliphatic carbocycles. The zero-order chi connectivity index (χ0) is 9.26. The fraction of sp³-hybridized carbons (Fsp3) is 0.571. The number of aromatic nitrogens is 3. The molecule has 1 aliphatic rings. The van der Waals surface area contributed by atoms with Crippen LogP contribution in [0.25, 0.3) is 0 Å². The molecule has 1 saturated heterocycles. The van der Waals surface area contributed by atoms with Crippen LogP contribution in [0.5, 0.6) is 0 Å². The Balaban J connectivity index is 2.19. The highest BCUT2D eigenvalue weighted by molar-refractivity contribution is 5.65. The van der Waals surface area contributed by atoms with Crippen LogP contribution in [0.2, 0.25) is 0 Å². The van der Waals surface area contributed by atoms with E-state index in [1.165, 1.54) is 11.2 Å². The minimum absolute atomic E-state index is 0.139. The lowest BCUT2D eigenvalue weighted by atomic mass is 10.2. The van der Waals surface area contributed by atoms with Crippen molar-refractivity contribution in [3.05, 3.63) is 12.2 Å². The lowest BCUT2D eigenvalue weighted by molar-refractivity contribution is 0.138. The highest BCUT2D eigenvalue weighted by atomic mass is 16.4. The number of rotatable bonds is 1. The second-order valence-corrected chi connectivity index (χ2v) is 3.01. The van der Waals surface area contributed by atoms with Crippen LogP contribution in [0.15, 0.2) is 6.33 Å². The second-order valence-electron chi connectivity index (χ2n) is 3.01. The first-order valence-corrected chi connectivity index (χ1v) is 4.14. The predicted octanol–water partition coefficient (Wildman–Crippen LogP) is 0.620. The summed E-state index contributed by atoms with van der Waals surface area (Å²) in [5.74, 6) is 0.639. The van der Waals surface area contributed by atoms with Gasteiger partial charge >= 0.3 is 6.09 Å². The fourth-order valence-corrected chi connectivity index (χ4v) is 1.66. The summed E-state index contributed by atoms with van der Waals surface area (Å²) >= 11 is 0. The molecule has 2 rings (SSSR count). The van der Waals surface area contributed by atoms with Crippen LogP contribution >= 0.6 is 0 Å². The SMILES string of the molecule is O=C(O)N1CCC[C@H]1c1nnc[nH]1. The number of carbonyl (C=O) groups is 1. The van der Waals surface area contributed by atoms with Crippen molar-refractivity contribution in [3.8, 4) is 0 Å². The van der Waals surface area contributed by atoms with Crippen molar-refractivity contribution in [2.75, 3.05) is 6.54 Å². The molecule has 6 nitrogen and oxygen atoms in total. The normalized spacial score (nSPS) is 22.2. The molecule has 0 saturated carbocycles. The minimum Gasteiger partial charge on any atom is -0.465 e. The third-order valence-corrected chi connectivity index (χ3v) is 2.25. The number of aromatic amines is 1. The number of H-pyrrole nitrogens is 1. The first-order valence-electron chi connectivity index (χ1n) is 4.14. The van der Waals surface area contributed by atoms with Crippen LogP contribution in [-0.2, 0) is 0 Å². The molecule has 0 unspecified atom stereocenters. The number of hydrogen-bond donors (Lipinski definition) is 2. The van der Waals surface area contributed by atoms with Gasteiger partial charge in [0.2, 0.25) is 0 Å². The average Bonchev–Trinajstić information content (AvgIpc) is 2.74. The summed E-state index contributed by atoms with van der Waals surface area (Å²) in [7, 11) is 0. The van der Waals surface area contributed by atoms with Crippen molar-refractivity contribution in [1.29, 1.82) is 0 Å². The van der Waals surface area contributed by atoms with Gasteiger partial charge in [0.05, 0.1) is 6.04 Å². The number of amides is 1. The summed E-state index contributed by atoms with van der Waals surface area (Å²) < 4.78 is 0. The molecule has 0 radical (unpaired) electrons. The van der Waals surface area contributed by atoms with Crippen molar-refractivity contribution >= 4 is 6.09 Å². The number of nitrogens with zero attached hydrogens (tertiary/aromatic N) is 3. The maximum Gasteiger partial charge on any atom is 0.407 e. The first kappa shape index (κ1) is 8.03. The molecule has 0 aromatic carbocycles. The van der Waals surface area contributed by atoms with Crippen LogP contribution in [-0.4, -0.2) is 37.8 Å². The minimum atomic E-state index is -0.890. The predicted molar refractivity (Wildman–Crippen MR) is 43.1 cm³/mol. The quantitative estimate of drug-likeness (QED) is 0.667. The topological polar surface area (TPSA) is 82.1 Å². The van der Waals surface area contributed by atoms with Crippen LogP contribution in [0.3, 0.4) is 0 Å².